The van der Waals surface area contributed by atoms with E-state index in [0.29, 0.717) is 12.0 Å². The molecule has 132 valence electrons. The third-order valence-electron chi connectivity index (χ3n) is 4.28. The molecule has 0 amide bonds. The van der Waals surface area contributed by atoms with Gasteiger partial charge in [0.05, 0.1) is 11.8 Å². The Labute approximate surface area is 158 Å². The minimum Gasteiger partial charge on any atom is -0.458 e. The fraction of sp³-hybridized carbons (Fsp3) is 0.150. The van der Waals surface area contributed by atoms with Gasteiger partial charge in [0.15, 0.2) is 12.0 Å². The van der Waals surface area contributed by atoms with Crippen LogP contribution in [-0.2, 0) is 0 Å². The van der Waals surface area contributed by atoms with Gasteiger partial charge >= 0.3 is 0 Å². The number of furan rings is 1. The number of benzene rings is 2. The number of nitrogens with zero attached hydrogens (tertiary/aromatic N) is 1. The molecule has 6 heteroatoms. The average Bonchev–Trinajstić information content (AvgIpc) is 3.11. The Bertz CT molecular complexity index is 907. The predicted molar refractivity (Wildman–Crippen MR) is 101 cm³/mol. The third-order valence-corrected chi connectivity index (χ3v) is 5.00. The molecule has 0 radical (unpaired) electrons. The summed E-state index contributed by atoms with van der Waals surface area (Å²) in [6, 6.07) is 20.2. The average molecular weight is 414 g/mol. The Morgan fingerprint density at radius 1 is 1.04 bits per heavy atom. The van der Waals surface area contributed by atoms with Gasteiger partial charge in [0, 0.05) is 9.40 Å². The Morgan fingerprint density at radius 3 is 2.35 bits per heavy atom. The molecule has 0 unspecified atom stereocenters. The summed E-state index contributed by atoms with van der Waals surface area (Å²) < 4.78 is 6.47. The van der Waals surface area contributed by atoms with E-state index in [1.807, 2.05) is 54.6 Å². The number of rotatable bonds is 7. The summed E-state index contributed by atoms with van der Waals surface area (Å²) in [7, 11) is 0. The van der Waals surface area contributed by atoms with E-state index < -0.39 is 11.8 Å². The van der Waals surface area contributed by atoms with Crippen molar-refractivity contribution in [3.63, 3.8) is 0 Å². The maximum atomic E-state index is 11.4. The summed E-state index contributed by atoms with van der Waals surface area (Å²) in [6.07, 6.45) is 0.631. The van der Waals surface area contributed by atoms with E-state index in [4.69, 9.17) is 4.42 Å². The van der Waals surface area contributed by atoms with Crippen molar-refractivity contribution in [2.45, 2.75) is 11.8 Å². The van der Waals surface area contributed by atoms with Gasteiger partial charge in [-0.1, -0.05) is 64.5 Å². The van der Waals surface area contributed by atoms with Crippen molar-refractivity contribution in [3.8, 4) is 0 Å². The largest absolute Gasteiger partial charge is 0.458 e. The maximum Gasteiger partial charge on any atom is 0.211 e. The molecule has 1 heterocycles. The van der Waals surface area contributed by atoms with Crippen molar-refractivity contribution in [2.75, 3.05) is 6.54 Å². The van der Waals surface area contributed by atoms with Crippen LogP contribution < -0.4 is 0 Å². The van der Waals surface area contributed by atoms with E-state index in [2.05, 4.69) is 15.9 Å². The van der Waals surface area contributed by atoms with Gasteiger partial charge in [0.1, 0.15) is 5.76 Å². The van der Waals surface area contributed by atoms with Crippen LogP contribution in [0.25, 0.3) is 0 Å². The Morgan fingerprint density at radius 2 is 1.73 bits per heavy atom. The number of carbonyl (C=O) groups excluding carboxylic acids is 1. The molecule has 26 heavy (non-hydrogen) atoms. The Balaban J connectivity index is 2.17. The van der Waals surface area contributed by atoms with E-state index in [0.717, 1.165) is 15.6 Å². The molecule has 0 fully saturated rings. The molecular weight excluding hydrogens is 398 g/mol. The molecule has 2 atom stereocenters. The zero-order valence-corrected chi connectivity index (χ0v) is 15.3. The molecule has 1 aromatic heterocycles. The molecule has 5 nitrogen and oxygen atoms in total. The number of hydrogen-bond acceptors (Lipinski definition) is 4. The summed E-state index contributed by atoms with van der Waals surface area (Å²) in [5.41, 5.74) is 1.71. The second kappa shape index (κ2) is 8.10. The van der Waals surface area contributed by atoms with Crippen LogP contribution in [0.3, 0.4) is 0 Å². The van der Waals surface area contributed by atoms with Gasteiger partial charge in [0.2, 0.25) is 6.54 Å². The first kappa shape index (κ1) is 18.1. The number of aldehydes is 1. The molecule has 0 aliphatic carbocycles. The summed E-state index contributed by atoms with van der Waals surface area (Å²) in [4.78, 5) is 22.2. The number of halogens is 1. The van der Waals surface area contributed by atoms with Gasteiger partial charge in [-0.3, -0.25) is 14.9 Å². The molecule has 0 saturated heterocycles. The molecule has 0 N–H and O–H groups in total. The van der Waals surface area contributed by atoms with Crippen molar-refractivity contribution in [2.24, 2.45) is 0 Å². The second-order valence-corrected chi connectivity index (χ2v) is 6.74. The third kappa shape index (κ3) is 3.91. The first-order valence-corrected chi connectivity index (χ1v) is 8.85. The normalized spacial score (nSPS) is 13.1. The topological polar surface area (TPSA) is 73.3 Å². The van der Waals surface area contributed by atoms with Crippen LogP contribution in [0.15, 0.2) is 75.6 Å². The highest BCUT2D eigenvalue weighted by molar-refractivity contribution is 9.10. The fourth-order valence-electron chi connectivity index (χ4n) is 3.17. The lowest BCUT2D eigenvalue weighted by Crippen LogP contribution is -2.21. The first-order valence-electron chi connectivity index (χ1n) is 8.06. The monoisotopic (exact) mass is 413 g/mol. The van der Waals surface area contributed by atoms with Crippen LogP contribution >= 0.6 is 15.9 Å². The van der Waals surface area contributed by atoms with Gasteiger partial charge in [-0.15, -0.1) is 0 Å². The highest BCUT2D eigenvalue weighted by Gasteiger charge is 2.34. The molecule has 0 aliphatic rings. The van der Waals surface area contributed by atoms with Gasteiger partial charge < -0.3 is 4.42 Å². The molecule has 0 aliphatic heterocycles. The molecule has 2 aromatic carbocycles. The van der Waals surface area contributed by atoms with E-state index in [1.165, 1.54) is 0 Å². The van der Waals surface area contributed by atoms with Crippen LogP contribution in [0.1, 0.15) is 39.3 Å². The van der Waals surface area contributed by atoms with Crippen molar-refractivity contribution in [1.29, 1.82) is 0 Å². The lowest BCUT2D eigenvalue weighted by molar-refractivity contribution is -0.484. The van der Waals surface area contributed by atoms with Crippen molar-refractivity contribution < 1.29 is 14.1 Å². The highest BCUT2D eigenvalue weighted by Crippen LogP contribution is 2.41. The highest BCUT2D eigenvalue weighted by atomic mass is 79.9. The Hall–Kier alpha value is -2.73. The molecule has 0 saturated carbocycles. The zero-order valence-electron chi connectivity index (χ0n) is 13.7. The van der Waals surface area contributed by atoms with Gasteiger partial charge in [-0.25, -0.2) is 0 Å². The van der Waals surface area contributed by atoms with E-state index >= 15 is 0 Å². The van der Waals surface area contributed by atoms with Crippen molar-refractivity contribution in [3.05, 3.63) is 104 Å². The lowest BCUT2D eigenvalue weighted by Gasteiger charge is -2.24. The molecule has 3 aromatic rings. The van der Waals surface area contributed by atoms with E-state index in [-0.39, 0.29) is 17.2 Å². The standard InChI is InChI=1S/C20H16BrNO4/c21-18-9-5-4-8-16(18)17(12-22(24)25)20(14-6-2-1-3-7-14)19-11-10-15(13-23)26-19/h1-11,13,17,20H,12H2/t17-,20+/m0/s1. The minimum atomic E-state index is -0.464. The maximum absolute atomic E-state index is 11.4. The zero-order chi connectivity index (χ0) is 18.5. The van der Waals surface area contributed by atoms with Crippen molar-refractivity contribution >= 4 is 22.2 Å². The summed E-state index contributed by atoms with van der Waals surface area (Å²) in [5, 5.41) is 11.4. The van der Waals surface area contributed by atoms with Crippen molar-refractivity contribution in [1.82, 2.24) is 0 Å². The summed E-state index contributed by atoms with van der Waals surface area (Å²) >= 11 is 3.51. The Kier molecular flexibility index (Phi) is 5.63. The van der Waals surface area contributed by atoms with E-state index in [9.17, 15) is 14.9 Å². The minimum absolute atomic E-state index is 0.202. The van der Waals surface area contributed by atoms with Gasteiger partial charge in [0.25, 0.3) is 0 Å². The predicted octanol–water partition coefficient (Wildman–Crippen LogP) is 5.05. The quantitative estimate of drug-likeness (QED) is 0.308. The molecular formula is C20H16BrNO4. The van der Waals surface area contributed by atoms with Crippen LogP contribution in [0, 0.1) is 10.1 Å². The number of nitro groups is 1. The summed E-state index contributed by atoms with van der Waals surface area (Å²) in [5.74, 6) is -0.128. The van der Waals surface area contributed by atoms with Gasteiger partial charge in [-0.2, -0.15) is 0 Å². The lowest BCUT2D eigenvalue weighted by atomic mass is 9.80. The molecule has 0 bridgehead atoms. The number of hydrogen-bond donors (Lipinski definition) is 0. The van der Waals surface area contributed by atoms with Crippen LogP contribution in [0.5, 0.6) is 0 Å². The second-order valence-electron chi connectivity index (χ2n) is 5.89. The fourth-order valence-corrected chi connectivity index (χ4v) is 3.75. The SMILES string of the molecule is O=Cc1ccc([C@H](c2ccccc2)[C@@H](C[N+](=O)[O-])c2ccccc2Br)o1. The van der Waals surface area contributed by atoms with Gasteiger partial charge in [-0.05, 0) is 29.3 Å². The number of carbonyl (C=O) groups is 1. The smallest absolute Gasteiger partial charge is 0.211 e. The van der Waals surface area contributed by atoms with Crippen LogP contribution in [-0.4, -0.2) is 17.8 Å². The van der Waals surface area contributed by atoms with Crippen LogP contribution in [0.2, 0.25) is 0 Å². The van der Waals surface area contributed by atoms with Crippen LogP contribution in [0.4, 0.5) is 0 Å². The summed E-state index contributed by atoms with van der Waals surface area (Å²) in [6.45, 7) is -0.265. The first-order chi connectivity index (χ1) is 12.6. The van der Waals surface area contributed by atoms with E-state index in [1.54, 1.807) is 12.1 Å². The molecule has 0 spiro atoms. The molecule has 3 rings (SSSR count).